The molecule has 0 fully saturated rings. The van der Waals surface area contributed by atoms with Gasteiger partial charge in [0.15, 0.2) is 5.78 Å². The van der Waals surface area contributed by atoms with Crippen molar-refractivity contribution in [3.8, 4) is 0 Å². The van der Waals surface area contributed by atoms with Crippen molar-refractivity contribution >= 4 is 23.1 Å². The maximum absolute atomic E-state index is 12.0. The molecule has 0 heterocycles. The molecule has 0 atom stereocenters. The van der Waals surface area contributed by atoms with Crippen LogP contribution in [-0.4, -0.2) is 18.7 Å². The average molecular weight is 338 g/mol. The Hall–Kier alpha value is -2.62. The number of carbonyl (C=O) groups is 2. The topological polar surface area (TPSA) is 58.2 Å². The van der Waals surface area contributed by atoms with Gasteiger partial charge in [-0.1, -0.05) is 55.3 Å². The highest BCUT2D eigenvalue weighted by molar-refractivity contribution is 5.96. The third kappa shape index (κ3) is 6.42. The highest BCUT2D eigenvalue weighted by Gasteiger charge is 2.06. The van der Waals surface area contributed by atoms with Crippen LogP contribution in [0.1, 0.15) is 48.9 Å². The Morgan fingerprint density at radius 2 is 1.36 bits per heavy atom. The molecule has 2 rings (SSSR count). The van der Waals surface area contributed by atoms with Gasteiger partial charge in [-0.05, 0) is 25.0 Å². The van der Waals surface area contributed by atoms with Gasteiger partial charge in [0.2, 0.25) is 5.91 Å². The molecule has 0 bridgehead atoms. The van der Waals surface area contributed by atoms with E-state index in [0.717, 1.165) is 42.6 Å². The predicted octanol–water partition coefficient (Wildman–Crippen LogP) is 4.89. The summed E-state index contributed by atoms with van der Waals surface area (Å²) in [6, 6.07) is 17.1. The Morgan fingerprint density at radius 1 is 0.760 bits per heavy atom. The lowest BCUT2D eigenvalue weighted by molar-refractivity contribution is -0.116. The van der Waals surface area contributed by atoms with Crippen molar-refractivity contribution in [2.24, 2.45) is 0 Å². The number of hydrogen-bond donors (Lipinski definition) is 2. The van der Waals surface area contributed by atoms with E-state index >= 15 is 0 Å². The third-order valence-corrected chi connectivity index (χ3v) is 4.12. The molecular formula is C21H26N2O2. The molecule has 132 valence electrons. The van der Waals surface area contributed by atoms with Crippen molar-refractivity contribution in [1.82, 2.24) is 0 Å². The minimum Gasteiger partial charge on any atom is -0.386 e. The van der Waals surface area contributed by atoms with E-state index in [2.05, 4.69) is 10.6 Å². The lowest BCUT2D eigenvalue weighted by Crippen LogP contribution is -2.12. The second-order valence-electron chi connectivity index (χ2n) is 6.05. The average Bonchev–Trinajstić information content (AvgIpc) is 2.65. The van der Waals surface area contributed by atoms with Gasteiger partial charge in [-0.25, -0.2) is 0 Å². The molecule has 0 aliphatic carbocycles. The number of hydrogen-bond acceptors (Lipinski definition) is 3. The predicted molar refractivity (Wildman–Crippen MR) is 103 cm³/mol. The molecule has 0 spiro atoms. The highest BCUT2D eigenvalue weighted by atomic mass is 16.1. The lowest BCUT2D eigenvalue weighted by Gasteiger charge is -2.10. The number of rotatable bonds is 10. The number of benzene rings is 2. The van der Waals surface area contributed by atoms with E-state index in [9.17, 15) is 9.59 Å². The summed E-state index contributed by atoms with van der Waals surface area (Å²) in [5, 5.41) is 6.00. The standard InChI is InChI=1S/C21H26N2O2/c1-22-18-13-9-10-14-19(18)23-21(25)16-8-3-2-7-15-20(24)17-11-5-4-6-12-17/h4-6,9-14,22H,2-3,7-8,15-16H2,1H3,(H,23,25). The normalized spacial score (nSPS) is 10.3. The first-order valence-electron chi connectivity index (χ1n) is 8.85. The molecule has 1 amide bonds. The summed E-state index contributed by atoms with van der Waals surface area (Å²) in [6.45, 7) is 0. The zero-order chi connectivity index (χ0) is 17.9. The van der Waals surface area contributed by atoms with Gasteiger partial charge in [0, 0.05) is 25.5 Å². The SMILES string of the molecule is CNc1ccccc1NC(=O)CCCCCCC(=O)c1ccccc1. The van der Waals surface area contributed by atoms with Crippen LogP contribution in [0.5, 0.6) is 0 Å². The maximum atomic E-state index is 12.0. The first kappa shape index (κ1) is 18.7. The highest BCUT2D eigenvalue weighted by Crippen LogP contribution is 2.20. The van der Waals surface area contributed by atoms with E-state index in [4.69, 9.17) is 0 Å². The van der Waals surface area contributed by atoms with E-state index in [1.165, 1.54) is 0 Å². The molecule has 0 radical (unpaired) electrons. The minimum absolute atomic E-state index is 0.0306. The quantitative estimate of drug-likeness (QED) is 0.479. The van der Waals surface area contributed by atoms with Gasteiger partial charge in [0.25, 0.3) is 0 Å². The molecule has 0 unspecified atom stereocenters. The summed E-state index contributed by atoms with van der Waals surface area (Å²) in [6.07, 6.45) is 4.73. The summed E-state index contributed by atoms with van der Waals surface area (Å²) in [4.78, 5) is 24.0. The summed E-state index contributed by atoms with van der Waals surface area (Å²) in [7, 11) is 1.84. The fourth-order valence-corrected chi connectivity index (χ4v) is 2.72. The molecule has 0 aliphatic rings. The van der Waals surface area contributed by atoms with Gasteiger partial charge in [-0.2, -0.15) is 0 Å². The molecule has 4 heteroatoms. The Labute approximate surface area is 149 Å². The molecule has 2 N–H and O–H groups in total. The van der Waals surface area contributed by atoms with Crippen molar-refractivity contribution in [3.05, 3.63) is 60.2 Å². The van der Waals surface area contributed by atoms with Crippen molar-refractivity contribution in [3.63, 3.8) is 0 Å². The van der Waals surface area contributed by atoms with Crippen LogP contribution in [-0.2, 0) is 4.79 Å². The zero-order valence-corrected chi connectivity index (χ0v) is 14.8. The first-order chi connectivity index (χ1) is 12.2. The van der Waals surface area contributed by atoms with E-state index < -0.39 is 0 Å². The van der Waals surface area contributed by atoms with Crippen LogP contribution in [0.25, 0.3) is 0 Å². The Bertz CT molecular complexity index is 683. The van der Waals surface area contributed by atoms with Gasteiger partial charge in [-0.15, -0.1) is 0 Å². The zero-order valence-electron chi connectivity index (χ0n) is 14.8. The Kier molecular flexibility index (Phi) is 7.70. The third-order valence-electron chi connectivity index (χ3n) is 4.12. The summed E-state index contributed by atoms with van der Waals surface area (Å²) >= 11 is 0. The van der Waals surface area contributed by atoms with Crippen LogP contribution in [0.15, 0.2) is 54.6 Å². The van der Waals surface area contributed by atoms with Gasteiger partial charge >= 0.3 is 0 Å². The van der Waals surface area contributed by atoms with E-state index in [1.807, 2.05) is 61.6 Å². The van der Waals surface area contributed by atoms with Crippen LogP contribution in [0, 0.1) is 0 Å². The molecule has 0 saturated heterocycles. The van der Waals surface area contributed by atoms with E-state index in [1.54, 1.807) is 0 Å². The summed E-state index contributed by atoms with van der Waals surface area (Å²) in [5.41, 5.74) is 2.50. The van der Waals surface area contributed by atoms with Gasteiger partial charge < -0.3 is 10.6 Å². The van der Waals surface area contributed by atoms with Crippen LogP contribution in [0.3, 0.4) is 0 Å². The number of ketones is 1. The minimum atomic E-state index is 0.0306. The molecule has 0 aromatic heterocycles. The van der Waals surface area contributed by atoms with Crippen LogP contribution >= 0.6 is 0 Å². The van der Waals surface area contributed by atoms with Gasteiger partial charge in [-0.3, -0.25) is 9.59 Å². The molecule has 0 saturated carbocycles. The second-order valence-corrected chi connectivity index (χ2v) is 6.05. The maximum Gasteiger partial charge on any atom is 0.224 e. The van der Waals surface area contributed by atoms with E-state index in [-0.39, 0.29) is 11.7 Å². The fourth-order valence-electron chi connectivity index (χ4n) is 2.72. The van der Waals surface area contributed by atoms with E-state index in [0.29, 0.717) is 12.8 Å². The summed E-state index contributed by atoms with van der Waals surface area (Å²) < 4.78 is 0. The fraction of sp³-hybridized carbons (Fsp3) is 0.333. The van der Waals surface area contributed by atoms with Crippen molar-refractivity contribution in [2.75, 3.05) is 17.7 Å². The number of Topliss-reactive ketones (excluding diaryl/α,β-unsaturated/α-hetero) is 1. The molecule has 2 aromatic carbocycles. The molecular weight excluding hydrogens is 312 g/mol. The molecule has 2 aromatic rings. The molecule has 0 aliphatic heterocycles. The molecule has 25 heavy (non-hydrogen) atoms. The van der Waals surface area contributed by atoms with Crippen molar-refractivity contribution in [1.29, 1.82) is 0 Å². The molecule has 4 nitrogen and oxygen atoms in total. The van der Waals surface area contributed by atoms with Gasteiger partial charge in [0.1, 0.15) is 0 Å². The number of carbonyl (C=O) groups excluding carboxylic acids is 2. The first-order valence-corrected chi connectivity index (χ1v) is 8.85. The van der Waals surface area contributed by atoms with Crippen molar-refractivity contribution in [2.45, 2.75) is 38.5 Å². The number of unbranched alkanes of at least 4 members (excludes halogenated alkanes) is 3. The van der Waals surface area contributed by atoms with Crippen LogP contribution in [0.2, 0.25) is 0 Å². The Balaban J connectivity index is 1.60. The summed E-state index contributed by atoms with van der Waals surface area (Å²) in [5.74, 6) is 0.227. The Morgan fingerprint density at radius 3 is 2.04 bits per heavy atom. The largest absolute Gasteiger partial charge is 0.386 e. The van der Waals surface area contributed by atoms with Gasteiger partial charge in [0.05, 0.1) is 11.4 Å². The van der Waals surface area contributed by atoms with Crippen molar-refractivity contribution < 1.29 is 9.59 Å². The van der Waals surface area contributed by atoms with Crippen LogP contribution in [0.4, 0.5) is 11.4 Å². The second kappa shape index (κ2) is 10.3. The number of amides is 1. The number of nitrogens with one attached hydrogen (secondary N) is 2. The smallest absolute Gasteiger partial charge is 0.224 e. The lowest BCUT2D eigenvalue weighted by atomic mass is 10.0. The van der Waals surface area contributed by atoms with Crippen LogP contribution < -0.4 is 10.6 Å². The number of para-hydroxylation sites is 2. The number of anilines is 2. The monoisotopic (exact) mass is 338 g/mol.